The Kier molecular flexibility index (Phi) is 16.5. The Balaban J connectivity index is 3.26. The Morgan fingerprint density at radius 3 is 2.00 bits per heavy atom. The molecule has 0 bridgehead atoms. The highest BCUT2D eigenvalue weighted by Gasteiger charge is 2.04. The molecule has 2 heteroatoms. The molecule has 0 amide bonds. The van der Waals surface area contributed by atoms with Crippen molar-refractivity contribution >= 4 is 5.97 Å². The molecule has 0 aromatic rings. The molecule has 2 nitrogen and oxygen atoms in total. The summed E-state index contributed by atoms with van der Waals surface area (Å²) in [6.07, 6.45) is 23.0. The highest BCUT2D eigenvalue weighted by Crippen LogP contribution is 2.09. The van der Waals surface area contributed by atoms with Gasteiger partial charge in [-0.3, -0.25) is 4.79 Å². The number of esters is 1. The van der Waals surface area contributed by atoms with E-state index in [1.54, 1.807) is 0 Å². The van der Waals surface area contributed by atoms with Crippen LogP contribution in [0.4, 0.5) is 0 Å². The number of hydrogen-bond donors (Lipinski definition) is 0. The third-order valence-corrected chi connectivity index (χ3v) is 3.70. The molecule has 0 atom stereocenters. The van der Waals surface area contributed by atoms with Crippen LogP contribution in [0.15, 0.2) is 24.3 Å². The first kappa shape index (κ1) is 21.9. The smallest absolute Gasteiger partial charge is 0.306 e. The summed E-state index contributed by atoms with van der Waals surface area (Å²) in [5.41, 5.74) is 0. The van der Waals surface area contributed by atoms with Crippen LogP contribution in [-0.4, -0.2) is 12.1 Å². The lowest BCUT2D eigenvalue weighted by molar-refractivity contribution is -0.147. The number of carbonyl (C=O) groups excluding carboxylic acids is 1. The molecule has 0 aliphatic carbocycles. The van der Waals surface area contributed by atoms with E-state index in [-0.39, 0.29) is 12.1 Å². The molecule has 0 saturated heterocycles. The molecule has 0 saturated carbocycles. The first-order chi connectivity index (χ1) is 11.2. The molecule has 0 radical (unpaired) electrons. The van der Waals surface area contributed by atoms with Gasteiger partial charge in [0.15, 0.2) is 0 Å². The van der Waals surface area contributed by atoms with Crippen molar-refractivity contribution < 1.29 is 9.53 Å². The summed E-state index contributed by atoms with van der Waals surface area (Å²) in [6.45, 7) is 6.04. The van der Waals surface area contributed by atoms with Gasteiger partial charge in [-0.2, -0.15) is 0 Å². The van der Waals surface area contributed by atoms with E-state index in [0.717, 1.165) is 19.3 Å². The van der Waals surface area contributed by atoms with Crippen molar-refractivity contribution in [3.63, 3.8) is 0 Å². The van der Waals surface area contributed by atoms with Gasteiger partial charge < -0.3 is 4.74 Å². The molecule has 0 aliphatic rings. The Labute approximate surface area is 144 Å². The van der Waals surface area contributed by atoms with Crippen LogP contribution in [0.1, 0.15) is 97.8 Å². The lowest BCUT2D eigenvalue weighted by atomic mass is 10.1. The molecule has 0 rings (SSSR count). The van der Waals surface area contributed by atoms with Crippen LogP contribution in [0.5, 0.6) is 0 Å². The van der Waals surface area contributed by atoms with Gasteiger partial charge in [0, 0.05) is 6.42 Å². The van der Waals surface area contributed by atoms with Crippen LogP contribution in [0.25, 0.3) is 0 Å². The summed E-state index contributed by atoms with van der Waals surface area (Å²) >= 11 is 0. The van der Waals surface area contributed by atoms with E-state index in [4.69, 9.17) is 4.74 Å². The maximum atomic E-state index is 11.4. The standard InChI is InChI=1S/C21H38O2/c1-4-5-6-7-8-9-10-11-12-13-14-15-16-17-18-19-21(22)23-20(2)3/h8-9,11-12,20H,4-7,10,13-19H2,1-3H3. The van der Waals surface area contributed by atoms with E-state index < -0.39 is 0 Å². The Morgan fingerprint density at radius 1 is 0.826 bits per heavy atom. The summed E-state index contributed by atoms with van der Waals surface area (Å²) in [5.74, 6) is -0.0503. The predicted octanol–water partition coefficient (Wildman–Crippen LogP) is 6.75. The fourth-order valence-electron chi connectivity index (χ4n) is 2.40. The van der Waals surface area contributed by atoms with Crippen LogP contribution >= 0.6 is 0 Å². The Hall–Kier alpha value is -1.05. The molecule has 23 heavy (non-hydrogen) atoms. The van der Waals surface area contributed by atoms with Gasteiger partial charge in [0.1, 0.15) is 0 Å². The SMILES string of the molecule is CCCCCC=CCC=CCCCCCCCC(=O)OC(C)C. The molecule has 0 aromatic carbocycles. The molecule has 0 unspecified atom stereocenters. The van der Waals surface area contributed by atoms with E-state index in [2.05, 4.69) is 31.2 Å². The normalized spacial score (nSPS) is 11.8. The molecule has 0 fully saturated rings. The minimum Gasteiger partial charge on any atom is -0.463 e. The molecular weight excluding hydrogens is 284 g/mol. The van der Waals surface area contributed by atoms with Crippen molar-refractivity contribution in [1.29, 1.82) is 0 Å². The molecule has 0 heterocycles. The predicted molar refractivity (Wildman–Crippen MR) is 101 cm³/mol. The van der Waals surface area contributed by atoms with Crippen LogP contribution in [0, 0.1) is 0 Å². The van der Waals surface area contributed by atoms with E-state index in [1.165, 1.54) is 51.4 Å². The zero-order valence-corrected chi connectivity index (χ0v) is 15.7. The van der Waals surface area contributed by atoms with Crippen LogP contribution in [0.3, 0.4) is 0 Å². The van der Waals surface area contributed by atoms with Crippen molar-refractivity contribution in [2.75, 3.05) is 0 Å². The number of unbranched alkanes of at least 4 members (excludes halogenated alkanes) is 8. The number of allylic oxidation sites excluding steroid dienone is 4. The lowest BCUT2D eigenvalue weighted by Crippen LogP contribution is -2.10. The zero-order valence-electron chi connectivity index (χ0n) is 15.7. The molecule has 0 spiro atoms. The summed E-state index contributed by atoms with van der Waals surface area (Å²) in [5, 5.41) is 0. The maximum absolute atomic E-state index is 11.4. The van der Waals surface area contributed by atoms with Crippen molar-refractivity contribution in [1.82, 2.24) is 0 Å². The molecule has 0 N–H and O–H groups in total. The summed E-state index contributed by atoms with van der Waals surface area (Å²) < 4.78 is 5.12. The molecule has 0 aliphatic heterocycles. The van der Waals surface area contributed by atoms with Crippen molar-refractivity contribution in [2.45, 2.75) is 104 Å². The van der Waals surface area contributed by atoms with E-state index in [1.807, 2.05) is 13.8 Å². The van der Waals surface area contributed by atoms with E-state index in [0.29, 0.717) is 6.42 Å². The highest BCUT2D eigenvalue weighted by atomic mass is 16.5. The lowest BCUT2D eigenvalue weighted by Gasteiger charge is -2.07. The highest BCUT2D eigenvalue weighted by molar-refractivity contribution is 5.69. The van der Waals surface area contributed by atoms with Crippen molar-refractivity contribution in [3.05, 3.63) is 24.3 Å². The van der Waals surface area contributed by atoms with Gasteiger partial charge in [0.2, 0.25) is 0 Å². The topological polar surface area (TPSA) is 26.3 Å². The van der Waals surface area contributed by atoms with Gasteiger partial charge in [0.25, 0.3) is 0 Å². The zero-order chi connectivity index (χ0) is 17.2. The molecule has 134 valence electrons. The second kappa shape index (κ2) is 17.3. The monoisotopic (exact) mass is 322 g/mol. The Morgan fingerprint density at radius 2 is 1.39 bits per heavy atom. The summed E-state index contributed by atoms with van der Waals surface area (Å²) in [7, 11) is 0. The third-order valence-electron chi connectivity index (χ3n) is 3.70. The van der Waals surface area contributed by atoms with Gasteiger partial charge in [-0.05, 0) is 52.4 Å². The van der Waals surface area contributed by atoms with Crippen LogP contribution in [0.2, 0.25) is 0 Å². The first-order valence-electron chi connectivity index (χ1n) is 9.66. The average molecular weight is 323 g/mol. The van der Waals surface area contributed by atoms with E-state index in [9.17, 15) is 4.79 Å². The average Bonchev–Trinajstić information content (AvgIpc) is 2.50. The minimum absolute atomic E-state index is 0.0143. The maximum Gasteiger partial charge on any atom is 0.306 e. The van der Waals surface area contributed by atoms with Gasteiger partial charge in [0.05, 0.1) is 6.10 Å². The van der Waals surface area contributed by atoms with Gasteiger partial charge >= 0.3 is 5.97 Å². The third kappa shape index (κ3) is 18.9. The largest absolute Gasteiger partial charge is 0.463 e. The number of carbonyl (C=O) groups is 1. The van der Waals surface area contributed by atoms with Gasteiger partial charge in [-0.15, -0.1) is 0 Å². The van der Waals surface area contributed by atoms with Crippen molar-refractivity contribution in [3.8, 4) is 0 Å². The van der Waals surface area contributed by atoms with Crippen molar-refractivity contribution in [2.24, 2.45) is 0 Å². The quantitative estimate of drug-likeness (QED) is 0.189. The summed E-state index contributed by atoms with van der Waals surface area (Å²) in [6, 6.07) is 0. The molecular formula is C21H38O2. The minimum atomic E-state index is -0.0503. The number of ether oxygens (including phenoxy) is 1. The Bertz CT molecular complexity index is 316. The second-order valence-corrected chi connectivity index (χ2v) is 6.52. The van der Waals surface area contributed by atoms with Gasteiger partial charge in [-0.1, -0.05) is 63.3 Å². The molecule has 0 aromatic heterocycles. The van der Waals surface area contributed by atoms with Gasteiger partial charge in [-0.25, -0.2) is 0 Å². The number of hydrogen-bond acceptors (Lipinski definition) is 2. The fourth-order valence-corrected chi connectivity index (χ4v) is 2.40. The number of rotatable bonds is 15. The summed E-state index contributed by atoms with van der Waals surface area (Å²) in [4.78, 5) is 11.4. The first-order valence-corrected chi connectivity index (χ1v) is 9.66. The van der Waals surface area contributed by atoms with E-state index >= 15 is 0 Å². The van der Waals surface area contributed by atoms with Crippen LogP contribution < -0.4 is 0 Å². The fraction of sp³-hybridized carbons (Fsp3) is 0.762. The van der Waals surface area contributed by atoms with Crippen LogP contribution in [-0.2, 0) is 9.53 Å². The second-order valence-electron chi connectivity index (χ2n) is 6.52.